The van der Waals surface area contributed by atoms with Crippen molar-refractivity contribution in [1.29, 1.82) is 0 Å². The van der Waals surface area contributed by atoms with Crippen LogP contribution < -0.4 is 14.2 Å². The predicted molar refractivity (Wildman–Crippen MR) is 132 cm³/mol. The number of aryl methyl sites for hydroxylation is 1. The van der Waals surface area contributed by atoms with E-state index in [-0.39, 0.29) is 23.4 Å². The molecule has 1 N–H and O–H groups in total. The summed E-state index contributed by atoms with van der Waals surface area (Å²) in [5, 5.41) is 10.5. The van der Waals surface area contributed by atoms with Crippen LogP contribution in [0.15, 0.2) is 24.3 Å². The number of ether oxygens (including phenoxy) is 3. The number of carbonyl (C=O) groups excluding carboxylic acids is 2. The second kappa shape index (κ2) is 11.9. The molecule has 0 saturated carbocycles. The number of phenolic OH excluding ortho intramolecular Hbond substituents is 1. The maximum atomic E-state index is 12.1. The summed E-state index contributed by atoms with van der Waals surface area (Å²) in [4.78, 5) is 23.8. The number of rotatable bonds is 12. The number of benzene rings is 2. The summed E-state index contributed by atoms with van der Waals surface area (Å²) in [6, 6.07) is 7.16. The van der Waals surface area contributed by atoms with E-state index in [0.29, 0.717) is 47.8 Å². The van der Waals surface area contributed by atoms with Crippen LogP contribution in [-0.4, -0.2) is 36.0 Å². The average Bonchev–Trinajstić information content (AvgIpc) is 2.79. The first-order valence-electron chi connectivity index (χ1n) is 12.3. The fourth-order valence-electron chi connectivity index (χ4n) is 4.21. The minimum Gasteiger partial charge on any atom is -0.507 e. The first-order chi connectivity index (χ1) is 16.3. The van der Waals surface area contributed by atoms with Gasteiger partial charge in [0.25, 0.3) is 0 Å². The molecule has 0 aliphatic carbocycles. The number of hydrogen-bond acceptors (Lipinski definition) is 6. The van der Waals surface area contributed by atoms with Gasteiger partial charge in [0, 0.05) is 11.6 Å². The molecular weight excluding hydrogens is 432 g/mol. The minimum absolute atomic E-state index is 0.00764. The standard InChI is InChI=1S/C28H36O6/c1-5-9-23-25(13-12-22(19(3)29)28(23)31)32-14-7-6-8-15-33-27-17-26-21(11-10-18(2)34-26)16-24(27)20(4)30/h12-13,16-18,31H,5-11,14-15H2,1-4H3. The number of carbonyl (C=O) groups is 2. The molecule has 6 heteroatoms. The zero-order valence-corrected chi connectivity index (χ0v) is 20.7. The second-order valence-corrected chi connectivity index (χ2v) is 8.98. The van der Waals surface area contributed by atoms with E-state index in [1.165, 1.54) is 6.92 Å². The molecule has 0 aromatic heterocycles. The molecule has 0 spiro atoms. The number of unbranched alkanes of at least 4 members (excludes halogenated alkanes) is 2. The summed E-state index contributed by atoms with van der Waals surface area (Å²) in [6.45, 7) is 8.10. The van der Waals surface area contributed by atoms with Gasteiger partial charge in [-0.25, -0.2) is 0 Å². The van der Waals surface area contributed by atoms with E-state index in [2.05, 4.69) is 6.92 Å². The lowest BCUT2D eigenvalue weighted by molar-refractivity contribution is 0.100. The van der Waals surface area contributed by atoms with Crippen LogP contribution in [0.3, 0.4) is 0 Å². The predicted octanol–water partition coefficient (Wildman–Crippen LogP) is 6.09. The Balaban J connectivity index is 1.49. The molecule has 1 atom stereocenters. The molecule has 3 rings (SSSR count). The van der Waals surface area contributed by atoms with Gasteiger partial charge >= 0.3 is 0 Å². The minimum atomic E-state index is -0.158. The number of Topliss-reactive ketones (excluding diaryl/α,β-unsaturated/α-hetero) is 2. The largest absolute Gasteiger partial charge is 0.507 e. The van der Waals surface area contributed by atoms with Crippen molar-refractivity contribution < 1.29 is 28.9 Å². The molecule has 184 valence electrons. The molecule has 1 aliphatic heterocycles. The van der Waals surface area contributed by atoms with Gasteiger partial charge in [0.05, 0.1) is 30.4 Å². The van der Waals surface area contributed by atoms with Crippen LogP contribution >= 0.6 is 0 Å². The van der Waals surface area contributed by atoms with Gasteiger partial charge in [-0.15, -0.1) is 0 Å². The highest BCUT2D eigenvalue weighted by atomic mass is 16.5. The normalized spacial score (nSPS) is 14.8. The fourth-order valence-corrected chi connectivity index (χ4v) is 4.21. The molecule has 0 saturated heterocycles. The molecule has 2 aromatic rings. The molecular formula is C28H36O6. The molecule has 2 aromatic carbocycles. The topological polar surface area (TPSA) is 82.1 Å². The smallest absolute Gasteiger partial charge is 0.163 e. The van der Waals surface area contributed by atoms with Gasteiger partial charge in [-0.2, -0.15) is 0 Å². The van der Waals surface area contributed by atoms with Crippen molar-refractivity contribution in [2.24, 2.45) is 0 Å². The zero-order chi connectivity index (χ0) is 24.7. The molecule has 1 aliphatic rings. The van der Waals surface area contributed by atoms with Gasteiger partial charge in [-0.05, 0) is 83.1 Å². The average molecular weight is 469 g/mol. The third-order valence-corrected chi connectivity index (χ3v) is 6.11. The fraction of sp³-hybridized carbons (Fsp3) is 0.500. The SMILES string of the molecule is CCCc1c(OCCCCCOc2cc3c(cc2C(C)=O)CCC(C)O3)ccc(C(C)=O)c1O. The van der Waals surface area contributed by atoms with E-state index in [1.54, 1.807) is 19.1 Å². The lowest BCUT2D eigenvalue weighted by Crippen LogP contribution is -2.19. The maximum absolute atomic E-state index is 12.1. The molecule has 0 bridgehead atoms. The van der Waals surface area contributed by atoms with E-state index in [9.17, 15) is 14.7 Å². The van der Waals surface area contributed by atoms with Crippen LogP contribution in [-0.2, 0) is 12.8 Å². The summed E-state index contributed by atoms with van der Waals surface area (Å²) in [5.41, 5.74) is 2.70. The van der Waals surface area contributed by atoms with Crippen LogP contribution in [0.2, 0.25) is 0 Å². The summed E-state index contributed by atoms with van der Waals surface area (Å²) < 4.78 is 17.8. The first kappa shape index (κ1) is 25.6. The van der Waals surface area contributed by atoms with E-state index in [4.69, 9.17) is 14.2 Å². The molecule has 0 radical (unpaired) electrons. The Kier molecular flexibility index (Phi) is 8.97. The quantitative estimate of drug-likeness (QED) is 0.300. The Morgan fingerprint density at radius 2 is 1.68 bits per heavy atom. The molecule has 6 nitrogen and oxygen atoms in total. The van der Waals surface area contributed by atoms with Gasteiger partial charge in [-0.3, -0.25) is 9.59 Å². The van der Waals surface area contributed by atoms with Crippen molar-refractivity contribution in [3.8, 4) is 23.0 Å². The first-order valence-corrected chi connectivity index (χ1v) is 12.3. The van der Waals surface area contributed by atoms with E-state index >= 15 is 0 Å². The summed E-state index contributed by atoms with van der Waals surface area (Å²) in [5.74, 6) is 1.90. The number of fused-ring (bicyclic) bond motifs is 1. The monoisotopic (exact) mass is 468 g/mol. The third-order valence-electron chi connectivity index (χ3n) is 6.11. The molecule has 0 amide bonds. The van der Waals surface area contributed by atoms with Crippen LogP contribution in [0.1, 0.15) is 91.6 Å². The lowest BCUT2D eigenvalue weighted by Gasteiger charge is -2.24. The van der Waals surface area contributed by atoms with Gasteiger partial charge in [0.1, 0.15) is 23.0 Å². The molecule has 1 unspecified atom stereocenters. The third kappa shape index (κ3) is 6.31. The van der Waals surface area contributed by atoms with Crippen molar-refractivity contribution >= 4 is 11.6 Å². The van der Waals surface area contributed by atoms with Gasteiger partial charge in [0.2, 0.25) is 0 Å². The van der Waals surface area contributed by atoms with Crippen LogP contribution in [0, 0.1) is 0 Å². The lowest BCUT2D eigenvalue weighted by atomic mass is 9.98. The Bertz CT molecular complexity index is 1030. The number of phenols is 1. The zero-order valence-electron chi connectivity index (χ0n) is 20.7. The van der Waals surface area contributed by atoms with Crippen molar-refractivity contribution in [2.75, 3.05) is 13.2 Å². The van der Waals surface area contributed by atoms with Gasteiger partial charge in [-0.1, -0.05) is 13.3 Å². The number of aromatic hydroxyl groups is 1. The summed E-state index contributed by atoms with van der Waals surface area (Å²) >= 11 is 0. The van der Waals surface area contributed by atoms with Crippen molar-refractivity contribution in [3.63, 3.8) is 0 Å². The van der Waals surface area contributed by atoms with Crippen molar-refractivity contribution in [1.82, 2.24) is 0 Å². The Morgan fingerprint density at radius 3 is 2.32 bits per heavy atom. The highest BCUT2D eigenvalue weighted by molar-refractivity contribution is 5.98. The van der Waals surface area contributed by atoms with Crippen molar-refractivity contribution in [2.45, 2.75) is 78.7 Å². The Morgan fingerprint density at radius 1 is 1.00 bits per heavy atom. The highest BCUT2D eigenvalue weighted by Gasteiger charge is 2.21. The highest BCUT2D eigenvalue weighted by Crippen LogP contribution is 2.35. The molecule has 34 heavy (non-hydrogen) atoms. The van der Waals surface area contributed by atoms with Gasteiger partial charge < -0.3 is 19.3 Å². The van der Waals surface area contributed by atoms with E-state index in [1.807, 2.05) is 19.1 Å². The number of ketones is 2. The summed E-state index contributed by atoms with van der Waals surface area (Å²) in [6.07, 6.45) is 6.07. The van der Waals surface area contributed by atoms with E-state index in [0.717, 1.165) is 49.8 Å². The maximum Gasteiger partial charge on any atom is 0.163 e. The second-order valence-electron chi connectivity index (χ2n) is 8.98. The Labute approximate surface area is 202 Å². The number of hydrogen-bond donors (Lipinski definition) is 1. The van der Waals surface area contributed by atoms with E-state index < -0.39 is 0 Å². The van der Waals surface area contributed by atoms with Crippen LogP contribution in [0.4, 0.5) is 0 Å². The van der Waals surface area contributed by atoms with Crippen LogP contribution in [0.5, 0.6) is 23.0 Å². The molecule has 1 heterocycles. The van der Waals surface area contributed by atoms with Gasteiger partial charge in [0.15, 0.2) is 11.6 Å². The summed E-state index contributed by atoms with van der Waals surface area (Å²) in [7, 11) is 0. The van der Waals surface area contributed by atoms with Crippen molar-refractivity contribution in [3.05, 3.63) is 46.5 Å². The van der Waals surface area contributed by atoms with Crippen LogP contribution in [0.25, 0.3) is 0 Å². The molecule has 0 fully saturated rings. The Hall–Kier alpha value is -3.02.